The number of phenols is 1. The van der Waals surface area contributed by atoms with E-state index in [9.17, 15) is 5.11 Å². The molecule has 3 aromatic rings. The molecular formula is C22H24BrClN4O2. The first-order valence-electron chi connectivity index (χ1n) is 9.77. The van der Waals surface area contributed by atoms with E-state index in [1.165, 1.54) is 4.90 Å². The van der Waals surface area contributed by atoms with E-state index in [-0.39, 0.29) is 18.2 Å². The van der Waals surface area contributed by atoms with E-state index in [0.717, 1.165) is 49.4 Å². The van der Waals surface area contributed by atoms with Crippen molar-refractivity contribution in [1.82, 2.24) is 14.8 Å². The Labute approximate surface area is 190 Å². The summed E-state index contributed by atoms with van der Waals surface area (Å²) in [6.45, 7) is 5.32. The summed E-state index contributed by atoms with van der Waals surface area (Å²) in [5, 5.41) is 15.0. The normalized spacial score (nSPS) is 14.7. The summed E-state index contributed by atoms with van der Waals surface area (Å²) in [4.78, 5) is 6.20. The molecule has 8 heteroatoms. The lowest BCUT2D eigenvalue weighted by Crippen LogP contribution is -3.14. The average molecular weight is 492 g/mol. The van der Waals surface area contributed by atoms with Gasteiger partial charge < -0.3 is 27.2 Å². The van der Waals surface area contributed by atoms with Crippen LogP contribution in [0.1, 0.15) is 11.4 Å². The molecule has 0 saturated carbocycles. The van der Waals surface area contributed by atoms with Crippen molar-refractivity contribution >= 4 is 28.1 Å². The van der Waals surface area contributed by atoms with Crippen molar-refractivity contribution in [2.24, 2.45) is 0 Å². The molecule has 2 heterocycles. The molecule has 0 radical (unpaired) electrons. The number of hydrogen-bond donors (Lipinski definition) is 2. The third kappa shape index (κ3) is 5.70. The first-order chi connectivity index (χ1) is 14.2. The molecule has 0 atom stereocenters. The lowest BCUT2D eigenvalue weighted by molar-refractivity contribution is -0.908. The van der Waals surface area contributed by atoms with Crippen molar-refractivity contribution in [2.45, 2.75) is 6.54 Å². The molecule has 1 aliphatic heterocycles. The molecule has 30 heavy (non-hydrogen) atoms. The van der Waals surface area contributed by atoms with Crippen LogP contribution in [-0.2, 0) is 11.3 Å². The number of aromatic hydroxyl groups is 1. The predicted octanol–water partition coefficient (Wildman–Crippen LogP) is -0.497. The molecule has 1 aliphatic rings. The maximum absolute atomic E-state index is 10.3. The van der Waals surface area contributed by atoms with Gasteiger partial charge in [-0.25, -0.2) is 9.67 Å². The number of quaternary nitrogens is 1. The maximum Gasteiger partial charge on any atom is 0.174 e. The number of morpholine rings is 1. The quantitative estimate of drug-likeness (QED) is 0.488. The minimum absolute atomic E-state index is 0. The second-order valence-corrected chi connectivity index (χ2v) is 7.95. The van der Waals surface area contributed by atoms with E-state index in [1.54, 1.807) is 6.07 Å². The Morgan fingerprint density at radius 2 is 1.80 bits per heavy atom. The molecule has 0 amide bonds. The first kappa shape index (κ1) is 22.5. The topological polar surface area (TPSA) is 64.6 Å². The molecule has 1 saturated heterocycles. The SMILES string of the molecule is Oc1ccccc1-c1nc(/C=C/c2ccc(Br)cc2)nn1CC[NH+]1CCOCC1.[Cl-]. The molecule has 1 fully saturated rings. The van der Waals surface area contributed by atoms with E-state index in [1.807, 2.05) is 59.3 Å². The van der Waals surface area contributed by atoms with E-state index in [2.05, 4.69) is 15.9 Å². The van der Waals surface area contributed by atoms with Crippen LogP contribution in [0.2, 0.25) is 0 Å². The Morgan fingerprint density at radius 3 is 2.53 bits per heavy atom. The van der Waals surface area contributed by atoms with Gasteiger partial charge in [0.2, 0.25) is 0 Å². The standard InChI is InChI=1S/C22H23BrN4O2.ClH/c23-18-8-5-17(6-9-18)7-10-21-24-22(19-3-1-2-4-20(19)28)27(25-21)12-11-26-13-15-29-16-14-26;/h1-10,28H,11-16H2;1H/b10-7+;. The number of para-hydroxylation sites is 1. The van der Waals surface area contributed by atoms with Crippen molar-refractivity contribution in [3.63, 3.8) is 0 Å². The number of hydrogen-bond acceptors (Lipinski definition) is 4. The first-order valence-corrected chi connectivity index (χ1v) is 10.6. The van der Waals surface area contributed by atoms with Crippen molar-refractivity contribution in [1.29, 1.82) is 0 Å². The van der Waals surface area contributed by atoms with Gasteiger partial charge in [-0.3, -0.25) is 0 Å². The number of benzene rings is 2. The zero-order valence-electron chi connectivity index (χ0n) is 16.5. The fraction of sp³-hybridized carbons (Fsp3) is 0.273. The van der Waals surface area contributed by atoms with Crippen LogP contribution >= 0.6 is 15.9 Å². The van der Waals surface area contributed by atoms with E-state index in [4.69, 9.17) is 14.8 Å². The van der Waals surface area contributed by atoms with Gasteiger partial charge in [-0.15, -0.1) is 0 Å². The van der Waals surface area contributed by atoms with Gasteiger partial charge in [0.25, 0.3) is 0 Å². The van der Waals surface area contributed by atoms with Gasteiger partial charge in [-0.05, 0) is 35.9 Å². The van der Waals surface area contributed by atoms with Crippen LogP contribution in [0.3, 0.4) is 0 Å². The summed E-state index contributed by atoms with van der Waals surface area (Å²) < 4.78 is 8.39. The highest BCUT2D eigenvalue weighted by molar-refractivity contribution is 9.10. The summed E-state index contributed by atoms with van der Waals surface area (Å²) in [7, 11) is 0. The third-order valence-corrected chi connectivity index (χ3v) is 5.53. The monoisotopic (exact) mass is 490 g/mol. The Morgan fingerprint density at radius 1 is 1.07 bits per heavy atom. The fourth-order valence-corrected chi connectivity index (χ4v) is 3.63. The second kappa shape index (κ2) is 10.7. The van der Waals surface area contributed by atoms with Crippen LogP contribution in [0.5, 0.6) is 5.75 Å². The number of ether oxygens (including phenoxy) is 1. The molecule has 2 N–H and O–H groups in total. The highest BCUT2D eigenvalue weighted by Crippen LogP contribution is 2.27. The second-order valence-electron chi connectivity index (χ2n) is 7.03. The number of halogens is 2. The Bertz CT molecular complexity index is 985. The minimum atomic E-state index is 0. The van der Waals surface area contributed by atoms with Crippen LogP contribution in [0.25, 0.3) is 23.5 Å². The van der Waals surface area contributed by atoms with Crippen molar-refractivity contribution in [3.05, 3.63) is 64.4 Å². The van der Waals surface area contributed by atoms with Crippen LogP contribution in [-0.4, -0.2) is 52.7 Å². The Balaban J connectivity index is 0.00000256. The van der Waals surface area contributed by atoms with Crippen molar-refractivity contribution in [2.75, 3.05) is 32.8 Å². The fourth-order valence-electron chi connectivity index (χ4n) is 3.37. The zero-order chi connectivity index (χ0) is 20.1. The summed E-state index contributed by atoms with van der Waals surface area (Å²) in [6.07, 6.45) is 3.90. The van der Waals surface area contributed by atoms with Gasteiger partial charge in [0.15, 0.2) is 11.6 Å². The van der Waals surface area contributed by atoms with E-state index >= 15 is 0 Å². The average Bonchev–Trinajstić information content (AvgIpc) is 3.16. The number of phenolic OH excluding ortho intramolecular Hbond substituents is 1. The molecule has 0 unspecified atom stereocenters. The van der Waals surface area contributed by atoms with Gasteiger partial charge in [0, 0.05) is 4.47 Å². The number of nitrogens with one attached hydrogen (secondary N) is 1. The largest absolute Gasteiger partial charge is 1.00 e. The summed E-state index contributed by atoms with van der Waals surface area (Å²) in [6, 6.07) is 15.3. The lowest BCUT2D eigenvalue weighted by atomic mass is 10.2. The summed E-state index contributed by atoms with van der Waals surface area (Å²) in [5.41, 5.74) is 1.77. The van der Waals surface area contributed by atoms with Gasteiger partial charge in [-0.1, -0.05) is 46.3 Å². The molecule has 4 rings (SSSR count). The molecular weight excluding hydrogens is 468 g/mol. The molecule has 6 nitrogen and oxygen atoms in total. The highest BCUT2D eigenvalue weighted by atomic mass is 79.9. The molecule has 158 valence electrons. The van der Waals surface area contributed by atoms with Crippen LogP contribution in [0.15, 0.2) is 53.0 Å². The zero-order valence-corrected chi connectivity index (χ0v) is 18.8. The summed E-state index contributed by atoms with van der Waals surface area (Å²) >= 11 is 3.45. The van der Waals surface area contributed by atoms with E-state index < -0.39 is 0 Å². The Kier molecular flexibility index (Phi) is 8.04. The van der Waals surface area contributed by atoms with Crippen molar-refractivity contribution < 1.29 is 27.2 Å². The van der Waals surface area contributed by atoms with Gasteiger partial charge in [0.05, 0.1) is 31.9 Å². The number of aromatic nitrogens is 3. The number of nitrogens with zero attached hydrogens (tertiary/aromatic N) is 3. The van der Waals surface area contributed by atoms with E-state index in [0.29, 0.717) is 17.2 Å². The lowest BCUT2D eigenvalue weighted by Gasteiger charge is -2.23. The molecule has 0 spiro atoms. The number of rotatable bonds is 6. The smallest absolute Gasteiger partial charge is 0.174 e. The molecule has 0 aliphatic carbocycles. The third-order valence-electron chi connectivity index (χ3n) is 5.00. The van der Waals surface area contributed by atoms with Gasteiger partial charge in [-0.2, -0.15) is 5.10 Å². The minimum Gasteiger partial charge on any atom is -1.00 e. The molecule has 1 aromatic heterocycles. The highest BCUT2D eigenvalue weighted by Gasteiger charge is 2.18. The van der Waals surface area contributed by atoms with Crippen LogP contribution in [0, 0.1) is 0 Å². The van der Waals surface area contributed by atoms with Gasteiger partial charge >= 0.3 is 0 Å². The van der Waals surface area contributed by atoms with Gasteiger partial charge in [0.1, 0.15) is 18.8 Å². The maximum atomic E-state index is 10.3. The predicted molar refractivity (Wildman–Crippen MR) is 117 cm³/mol. The van der Waals surface area contributed by atoms with Crippen LogP contribution in [0.4, 0.5) is 0 Å². The van der Waals surface area contributed by atoms with Crippen LogP contribution < -0.4 is 17.3 Å². The molecule has 2 aromatic carbocycles. The Hall–Kier alpha value is -2.19. The van der Waals surface area contributed by atoms with Crippen molar-refractivity contribution in [3.8, 4) is 17.1 Å². The molecule has 0 bridgehead atoms. The summed E-state index contributed by atoms with van der Waals surface area (Å²) in [5.74, 6) is 1.53.